The number of aliphatic hydroxyl groups excluding tert-OH is 1. The van der Waals surface area contributed by atoms with E-state index in [1.54, 1.807) is 6.26 Å². The van der Waals surface area contributed by atoms with Crippen LogP contribution in [0.25, 0.3) is 0 Å². The Balaban J connectivity index is 1.64. The van der Waals surface area contributed by atoms with Gasteiger partial charge in [0.2, 0.25) is 0 Å². The van der Waals surface area contributed by atoms with Gasteiger partial charge in [-0.25, -0.2) is 0 Å². The van der Waals surface area contributed by atoms with E-state index >= 15 is 0 Å². The Bertz CT molecular complexity index is 586. The number of hydrogen-bond donors (Lipinski definition) is 2. The third-order valence-corrected chi connectivity index (χ3v) is 4.64. The van der Waals surface area contributed by atoms with Gasteiger partial charge < -0.3 is 14.8 Å². The highest BCUT2D eigenvalue weighted by Crippen LogP contribution is 2.54. The van der Waals surface area contributed by atoms with Gasteiger partial charge in [-0.2, -0.15) is 0 Å². The van der Waals surface area contributed by atoms with Gasteiger partial charge in [0.05, 0.1) is 18.4 Å². The standard InChI is InChI=1S/C18H23NO2/c1-13-8-11-21-16(13)14(2)19-12-18(9-10-18)17(20)15-6-4-3-5-7-15/h3-8,11,14,17,19-20H,9-10,12H2,1-2H3. The van der Waals surface area contributed by atoms with Gasteiger partial charge in [-0.3, -0.25) is 0 Å². The Hall–Kier alpha value is -1.58. The summed E-state index contributed by atoms with van der Waals surface area (Å²) in [7, 11) is 0. The van der Waals surface area contributed by atoms with Crippen LogP contribution in [0.1, 0.15) is 48.8 Å². The lowest BCUT2D eigenvalue weighted by Gasteiger charge is -2.25. The summed E-state index contributed by atoms with van der Waals surface area (Å²) in [4.78, 5) is 0. The van der Waals surface area contributed by atoms with Crippen LogP contribution in [-0.2, 0) is 0 Å². The molecular formula is C18H23NO2. The molecule has 1 aliphatic carbocycles. The van der Waals surface area contributed by atoms with Crippen LogP contribution in [0.5, 0.6) is 0 Å². The van der Waals surface area contributed by atoms with Crippen LogP contribution >= 0.6 is 0 Å². The van der Waals surface area contributed by atoms with E-state index < -0.39 is 6.10 Å². The summed E-state index contributed by atoms with van der Waals surface area (Å²) in [5.41, 5.74) is 2.16. The van der Waals surface area contributed by atoms with Crippen molar-refractivity contribution >= 4 is 0 Å². The van der Waals surface area contributed by atoms with Crippen molar-refractivity contribution in [3.8, 4) is 0 Å². The lowest BCUT2D eigenvalue weighted by Crippen LogP contribution is -2.30. The lowest BCUT2D eigenvalue weighted by atomic mass is 9.92. The van der Waals surface area contributed by atoms with E-state index in [0.29, 0.717) is 0 Å². The first-order chi connectivity index (χ1) is 10.1. The molecule has 0 spiro atoms. The highest BCUT2D eigenvalue weighted by atomic mass is 16.3. The summed E-state index contributed by atoms with van der Waals surface area (Å²) < 4.78 is 5.53. The fraction of sp³-hybridized carbons (Fsp3) is 0.444. The smallest absolute Gasteiger partial charge is 0.123 e. The SMILES string of the molecule is Cc1ccoc1C(C)NCC1(C(O)c2ccccc2)CC1. The van der Waals surface area contributed by atoms with Crippen LogP contribution in [0.3, 0.4) is 0 Å². The zero-order valence-corrected chi connectivity index (χ0v) is 12.7. The minimum absolute atomic E-state index is 0.0177. The first-order valence-corrected chi connectivity index (χ1v) is 7.63. The molecule has 2 aromatic rings. The summed E-state index contributed by atoms with van der Waals surface area (Å²) in [5, 5.41) is 14.2. The van der Waals surface area contributed by atoms with E-state index in [1.165, 1.54) is 5.56 Å². The Morgan fingerprint density at radius 1 is 1.24 bits per heavy atom. The number of rotatable bonds is 6. The Kier molecular flexibility index (Phi) is 3.87. The number of benzene rings is 1. The van der Waals surface area contributed by atoms with E-state index in [2.05, 4.69) is 19.2 Å². The van der Waals surface area contributed by atoms with Crippen molar-refractivity contribution in [3.05, 3.63) is 59.5 Å². The molecule has 2 atom stereocenters. The molecule has 2 N–H and O–H groups in total. The van der Waals surface area contributed by atoms with Gasteiger partial charge in [0.25, 0.3) is 0 Å². The average molecular weight is 285 g/mol. The highest BCUT2D eigenvalue weighted by molar-refractivity contribution is 5.23. The summed E-state index contributed by atoms with van der Waals surface area (Å²) in [6, 6.07) is 12.1. The minimum atomic E-state index is -0.393. The van der Waals surface area contributed by atoms with Crippen LogP contribution in [0.15, 0.2) is 47.1 Å². The second kappa shape index (κ2) is 5.66. The molecule has 1 fully saturated rings. The highest BCUT2D eigenvalue weighted by Gasteiger charge is 2.49. The maximum absolute atomic E-state index is 10.6. The molecular weight excluding hydrogens is 262 g/mol. The molecule has 3 heteroatoms. The molecule has 0 bridgehead atoms. The van der Waals surface area contributed by atoms with Crippen molar-refractivity contribution in [2.45, 2.75) is 38.8 Å². The molecule has 3 rings (SSSR count). The molecule has 1 saturated carbocycles. The van der Waals surface area contributed by atoms with Gasteiger partial charge in [-0.15, -0.1) is 0 Å². The van der Waals surface area contributed by atoms with Gasteiger partial charge in [0, 0.05) is 12.0 Å². The predicted molar refractivity (Wildman–Crippen MR) is 82.9 cm³/mol. The lowest BCUT2D eigenvalue weighted by molar-refractivity contribution is 0.0897. The molecule has 0 saturated heterocycles. The quantitative estimate of drug-likeness (QED) is 0.849. The Morgan fingerprint density at radius 3 is 2.52 bits per heavy atom. The minimum Gasteiger partial charge on any atom is -0.467 e. The van der Waals surface area contributed by atoms with Crippen molar-refractivity contribution in [1.29, 1.82) is 0 Å². The van der Waals surface area contributed by atoms with Gasteiger partial charge >= 0.3 is 0 Å². The monoisotopic (exact) mass is 285 g/mol. The second-order valence-electron chi connectivity index (χ2n) is 6.25. The number of hydrogen-bond acceptors (Lipinski definition) is 3. The zero-order valence-electron chi connectivity index (χ0n) is 12.7. The van der Waals surface area contributed by atoms with Crippen molar-refractivity contribution in [3.63, 3.8) is 0 Å². The van der Waals surface area contributed by atoms with E-state index in [1.807, 2.05) is 36.4 Å². The average Bonchev–Trinajstić information content (AvgIpc) is 3.19. The summed E-state index contributed by atoms with van der Waals surface area (Å²) in [6.07, 6.45) is 3.48. The van der Waals surface area contributed by atoms with Gasteiger partial charge in [0.15, 0.2) is 0 Å². The first-order valence-electron chi connectivity index (χ1n) is 7.63. The Morgan fingerprint density at radius 2 is 1.95 bits per heavy atom. The van der Waals surface area contributed by atoms with Crippen molar-refractivity contribution < 1.29 is 9.52 Å². The van der Waals surface area contributed by atoms with Crippen molar-refractivity contribution in [1.82, 2.24) is 5.32 Å². The molecule has 21 heavy (non-hydrogen) atoms. The van der Waals surface area contributed by atoms with Crippen LogP contribution in [0.2, 0.25) is 0 Å². The molecule has 0 radical (unpaired) electrons. The summed E-state index contributed by atoms with van der Waals surface area (Å²) in [5.74, 6) is 0.986. The van der Waals surface area contributed by atoms with Crippen LogP contribution in [0.4, 0.5) is 0 Å². The van der Waals surface area contributed by atoms with Crippen molar-refractivity contribution in [2.24, 2.45) is 5.41 Å². The van der Waals surface area contributed by atoms with E-state index in [-0.39, 0.29) is 11.5 Å². The summed E-state index contributed by atoms with van der Waals surface area (Å²) >= 11 is 0. The fourth-order valence-corrected chi connectivity index (χ4v) is 2.97. The fourth-order valence-electron chi connectivity index (χ4n) is 2.97. The first kappa shape index (κ1) is 14.4. The molecule has 0 amide bonds. The zero-order chi connectivity index (χ0) is 14.9. The number of aliphatic hydroxyl groups is 1. The van der Waals surface area contributed by atoms with Crippen LogP contribution in [-0.4, -0.2) is 11.7 Å². The molecule has 1 aliphatic rings. The Labute approximate surface area is 126 Å². The predicted octanol–water partition coefficient (Wildman–Crippen LogP) is 3.75. The molecule has 3 nitrogen and oxygen atoms in total. The van der Waals surface area contributed by atoms with E-state index in [9.17, 15) is 5.11 Å². The maximum Gasteiger partial charge on any atom is 0.123 e. The molecule has 1 aromatic heterocycles. The largest absolute Gasteiger partial charge is 0.467 e. The van der Waals surface area contributed by atoms with Gasteiger partial charge in [0.1, 0.15) is 5.76 Å². The van der Waals surface area contributed by atoms with Gasteiger partial charge in [-0.1, -0.05) is 30.3 Å². The van der Waals surface area contributed by atoms with Crippen LogP contribution < -0.4 is 5.32 Å². The molecule has 1 aromatic carbocycles. The number of furan rings is 1. The van der Waals surface area contributed by atoms with Gasteiger partial charge in [-0.05, 0) is 43.9 Å². The third-order valence-electron chi connectivity index (χ3n) is 4.64. The molecule has 1 heterocycles. The molecule has 0 aliphatic heterocycles. The molecule has 2 unspecified atom stereocenters. The normalized spacial score (nSPS) is 19.2. The maximum atomic E-state index is 10.6. The molecule has 112 valence electrons. The third kappa shape index (κ3) is 2.89. The summed E-state index contributed by atoms with van der Waals surface area (Å²) in [6.45, 7) is 4.98. The number of aryl methyl sites for hydroxylation is 1. The van der Waals surface area contributed by atoms with Crippen LogP contribution in [0, 0.1) is 12.3 Å². The second-order valence-corrected chi connectivity index (χ2v) is 6.25. The topological polar surface area (TPSA) is 45.4 Å². The van der Waals surface area contributed by atoms with E-state index in [4.69, 9.17) is 4.42 Å². The van der Waals surface area contributed by atoms with Crippen molar-refractivity contribution in [2.75, 3.05) is 6.54 Å². The number of nitrogens with one attached hydrogen (secondary N) is 1. The van der Waals surface area contributed by atoms with E-state index in [0.717, 1.165) is 30.7 Å².